The van der Waals surface area contributed by atoms with Crippen LogP contribution in [-0.4, -0.2) is 64.8 Å². The Labute approximate surface area is 170 Å². The number of amides is 1. The molecular weight excluding hydrogens is 322 g/mol. The fraction of sp³-hybridized carbons (Fsp3) is 0.600. The minimum Gasteiger partial charge on any atom is -0.548 e. The van der Waals surface area contributed by atoms with Crippen molar-refractivity contribution >= 4 is 24.0 Å². The molecule has 0 aliphatic heterocycles. The molecule has 1 amide bonds. The summed E-state index contributed by atoms with van der Waals surface area (Å²) in [5.41, 5.74) is 0. The molecule has 0 aliphatic carbocycles. The number of rotatable bonds is 10. The minimum absolute atomic E-state index is 0. The molecule has 0 heterocycles. The third-order valence-corrected chi connectivity index (χ3v) is 2.29. The molecule has 0 aromatic heterocycles. The predicted octanol–water partition coefficient (Wildman–Crippen LogP) is -9.70. The number of carboxylic acids is 3. The van der Waals surface area contributed by atoms with Crippen molar-refractivity contribution in [2.45, 2.75) is 18.9 Å². The van der Waals surface area contributed by atoms with Crippen molar-refractivity contribution in [1.82, 2.24) is 10.2 Å². The number of nitrogens with zero attached hydrogens (tertiary/aromatic N) is 1. The van der Waals surface area contributed by atoms with Gasteiger partial charge >= 0.3 is 71.1 Å². The van der Waals surface area contributed by atoms with Gasteiger partial charge in [-0.1, -0.05) is 0 Å². The molecule has 0 bridgehead atoms. The van der Waals surface area contributed by atoms with Gasteiger partial charge in [-0.3, -0.25) is 9.59 Å². The van der Waals surface area contributed by atoms with Crippen molar-refractivity contribution in [3.8, 4) is 0 Å². The molecular formula is C10H14N2Na2O8. The van der Waals surface area contributed by atoms with Gasteiger partial charge in [0.15, 0.2) is 0 Å². The van der Waals surface area contributed by atoms with Crippen LogP contribution in [0.3, 0.4) is 0 Å². The normalized spacial score (nSPS) is 10.5. The molecule has 0 aromatic carbocycles. The summed E-state index contributed by atoms with van der Waals surface area (Å²) in [4.78, 5) is 42.6. The van der Waals surface area contributed by atoms with Crippen LogP contribution in [-0.2, 0) is 14.4 Å². The summed E-state index contributed by atoms with van der Waals surface area (Å²) in [6, 6.07) is -1.46. The monoisotopic (exact) mass is 336 g/mol. The molecule has 0 aliphatic rings. The molecule has 10 nitrogen and oxygen atoms in total. The van der Waals surface area contributed by atoms with Crippen molar-refractivity contribution in [2.75, 3.05) is 19.6 Å². The molecule has 0 fully saturated rings. The maximum absolute atomic E-state index is 10.7. The summed E-state index contributed by atoms with van der Waals surface area (Å²) in [5.74, 6) is -4.17. The molecule has 0 saturated heterocycles. The van der Waals surface area contributed by atoms with Crippen molar-refractivity contribution in [1.29, 1.82) is 0 Å². The zero-order chi connectivity index (χ0) is 15.7. The molecule has 0 spiro atoms. The van der Waals surface area contributed by atoms with E-state index in [4.69, 9.17) is 10.2 Å². The smallest absolute Gasteiger partial charge is 0.548 e. The van der Waals surface area contributed by atoms with E-state index in [1.165, 1.54) is 0 Å². The van der Waals surface area contributed by atoms with Crippen LogP contribution in [0.2, 0.25) is 0 Å². The Bertz CT molecular complexity index is 393. The van der Waals surface area contributed by atoms with E-state index in [0.29, 0.717) is 4.90 Å². The largest absolute Gasteiger partial charge is 1.00 e. The first kappa shape index (κ1) is 26.5. The average molecular weight is 336 g/mol. The number of carbonyl (C=O) groups is 4. The molecule has 22 heavy (non-hydrogen) atoms. The van der Waals surface area contributed by atoms with E-state index in [1.54, 1.807) is 0 Å². The molecule has 3 N–H and O–H groups in total. The SMILES string of the molecule is O=C(O)CCN(CCNC(CC(=O)O)C(=O)[O-])C(=O)[O-].[Na+].[Na+]. The first-order valence-corrected chi connectivity index (χ1v) is 5.57. The Hall–Kier alpha value is -0.360. The zero-order valence-corrected chi connectivity index (χ0v) is 16.4. The Morgan fingerprint density at radius 3 is 1.91 bits per heavy atom. The second kappa shape index (κ2) is 14.2. The molecule has 0 saturated carbocycles. The van der Waals surface area contributed by atoms with Gasteiger partial charge in [0, 0.05) is 19.6 Å². The van der Waals surface area contributed by atoms with E-state index >= 15 is 0 Å². The van der Waals surface area contributed by atoms with Gasteiger partial charge in [-0.25, -0.2) is 0 Å². The second-order valence-electron chi connectivity index (χ2n) is 3.82. The number of hydrogen-bond acceptors (Lipinski definition) is 7. The molecule has 1 unspecified atom stereocenters. The van der Waals surface area contributed by atoms with Gasteiger partial charge < -0.3 is 40.2 Å². The van der Waals surface area contributed by atoms with Gasteiger partial charge in [-0.05, 0) is 0 Å². The minimum atomic E-state index is -1.63. The average Bonchev–Trinajstić information content (AvgIpc) is 2.30. The molecule has 0 rings (SSSR count). The molecule has 0 aromatic rings. The van der Waals surface area contributed by atoms with E-state index in [9.17, 15) is 29.4 Å². The van der Waals surface area contributed by atoms with Gasteiger partial charge in [-0.15, -0.1) is 0 Å². The number of carboxylic acid groups (broad SMARTS) is 4. The summed E-state index contributed by atoms with van der Waals surface area (Å²) in [7, 11) is 0. The van der Waals surface area contributed by atoms with Gasteiger partial charge in [-0.2, -0.15) is 0 Å². The van der Waals surface area contributed by atoms with Crippen LogP contribution in [0.1, 0.15) is 12.8 Å². The Morgan fingerprint density at radius 2 is 1.55 bits per heavy atom. The van der Waals surface area contributed by atoms with Crippen molar-refractivity contribution in [2.24, 2.45) is 0 Å². The first-order chi connectivity index (χ1) is 9.23. The van der Waals surface area contributed by atoms with Crippen LogP contribution in [0.4, 0.5) is 4.79 Å². The van der Waals surface area contributed by atoms with Crippen molar-refractivity contribution < 1.29 is 98.7 Å². The molecule has 12 heteroatoms. The van der Waals surface area contributed by atoms with Gasteiger partial charge in [0.05, 0.1) is 24.9 Å². The predicted molar refractivity (Wildman–Crippen MR) is 58.3 cm³/mol. The number of nitrogens with one attached hydrogen (secondary N) is 1. The van der Waals surface area contributed by atoms with Crippen LogP contribution < -0.4 is 74.6 Å². The summed E-state index contributed by atoms with van der Waals surface area (Å²) in [5, 5.41) is 40.5. The Morgan fingerprint density at radius 1 is 1.00 bits per heavy atom. The number of aliphatic carboxylic acids is 3. The number of carbonyl (C=O) groups excluding carboxylic acids is 2. The van der Waals surface area contributed by atoms with Crippen LogP contribution in [0.25, 0.3) is 0 Å². The third-order valence-electron chi connectivity index (χ3n) is 2.29. The van der Waals surface area contributed by atoms with E-state index in [1.807, 2.05) is 0 Å². The van der Waals surface area contributed by atoms with Gasteiger partial charge in [0.1, 0.15) is 6.09 Å². The number of hydrogen-bond donors (Lipinski definition) is 3. The summed E-state index contributed by atoms with van der Waals surface area (Å²) in [6.45, 7) is -0.729. The fourth-order valence-corrected chi connectivity index (χ4v) is 1.31. The van der Waals surface area contributed by atoms with Gasteiger partial charge in [0.2, 0.25) is 0 Å². The van der Waals surface area contributed by atoms with Crippen molar-refractivity contribution in [3.63, 3.8) is 0 Å². The van der Waals surface area contributed by atoms with Crippen molar-refractivity contribution in [3.05, 3.63) is 0 Å². The topological polar surface area (TPSA) is 170 Å². The molecule has 1 atom stereocenters. The zero-order valence-electron chi connectivity index (χ0n) is 12.4. The van der Waals surface area contributed by atoms with E-state index in [2.05, 4.69) is 5.32 Å². The summed E-state index contributed by atoms with van der Waals surface area (Å²) < 4.78 is 0. The van der Waals surface area contributed by atoms with E-state index < -0.39 is 42.9 Å². The fourth-order valence-electron chi connectivity index (χ4n) is 1.31. The Kier molecular flexibility index (Phi) is 17.2. The third kappa shape index (κ3) is 13.3. The van der Waals surface area contributed by atoms with E-state index in [0.717, 1.165) is 0 Å². The standard InChI is InChI=1S/C10H16N2O8.2Na/c13-7(14)1-3-12(10(19)20)4-2-11-6(9(17)18)5-8(15)16;;/h6,11H,1-5H2,(H,13,14)(H,15,16)(H,17,18)(H,19,20);;/q;2*+1/p-2. The van der Waals surface area contributed by atoms with Crippen LogP contribution in [0, 0.1) is 0 Å². The van der Waals surface area contributed by atoms with Gasteiger partial charge in [0.25, 0.3) is 0 Å². The van der Waals surface area contributed by atoms with Crippen LogP contribution in [0.5, 0.6) is 0 Å². The van der Waals surface area contributed by atoms with E-state index in [-0.39, 0.29) is 78.7 Å². The summed E-state index contributed by atoms with van der Waals surface area (Å²) >= 11 is 0. The van der Waals surface area contributed by atoms with Crippen LogP contribution in [0.15, 0.2) is 0 Å². The summed E-state index contributed by atoms with van der Waals surface area (Å²) in [6.07, 6.45) is -2.74. The maximum Gasteiger partial charge on any atom is 1.00 e. The van der Waals surface area contributed by atoms with Crippen LogP contribution >= 0.6 is 0 Å². The maximum atomic E-state index is 10.7. The first-order valence-electron chi connectivity index (χ1n) is 5.57. The Balaban J connectivity index is -0.00000180. The molecule has 114 valence electrons. The quantitative estimate of drug-likeness (QED) is 0.328. The molecule has 0 radical (unpaired) electrons. The second-order valence-corrected chi connectivity index (χ2v) is 3.82.